The first kappa shape index (κ1) is 11.4. The molecule has 0 bridgehead atoms. The predicted octanol–water partition coefficient (Wildman–Crippen LogP) is 4.17. The van der Waals surface area contributed by atoms with Crippen LogP contribution in [0.4, 0.5) is 0 Å². The fourth-order valence-corrected chi connectivity index (χ4v) is 1.39. The van der Waals surface area contributed by atoms with Crippen molar-refractivity contribution >= 4 is 0 Å². The summed E-state index contributed by atoms with van der Waals surface area (Å²) in [6.45, 7) is 13.3. The third-order valence-electron chi connectivity index (χ3n) is 2.22. The first-order chi connectivity index (χ1) is 6.18. The summed E-state index contributed by atoms with van der Waals surface area (Å²) in [5, 5.41) is 0. The summed E-state index contributed by atoms with van der Waals surface area (Å²) in [6, 6.07) is 2.19. The zero-order chi connectivity index (χ0) is 11.0. The van der Waals surface area contributed by atoms with Crippen molar-refractivity contribution in [3.63, 3.8) is 0 Å². The Balaban J connectivity index is 2.79. The van der Waals surface area contributed by atoms with Crippen LogP contribution in [0.1, 0.15) is 52.9 Å². The third-order valence-corrected chi connectivity index (χ3v) is 2.22. The average molecular weight is 194 g/mol. The van der Waals surface area contributed by atoms with Crippen LogP contribution < -0.4 is 0 Å². The van der Waals surface area contributed by atoms with Crippen LogP contribution in [0.3, 0.4) is 0 Å². The normalized spacial score (nSPS) is 13.3. The molecule has 1 heterocycles. The second kappa shape index (κ2) is 3.45. The monoisotopic (exact) mass is 194 g/mol. The molecule has 0 amide bonds. The van der Waals surface area contributed by atoms with Crippen molar-refractivity contribution in [1.82, 2.24) is 0 Å². The molecule has 1 aromatic heterocycles. The van der Waals surface area contributed by atoms with Gasteiger partial charge in [-0.3, -0.25) is 0 Å². The Labute approximate surface area is 87.5 Å². The molecule has 0 aliphatic rings. The first-order valence-corrected chi connectivity index (χ1v) is 5.26. The van der Waals surface area contributed by atoms with Crippen molar-refractivity contribution in [3.8, 4) is 0 Å². The lowest BCUT2D eigenvalue weighted by Crippen LogP contribution is -2.10. The maximum atomic E-state index is 5.57. The van der Waals surface area contributed by atoms with E-state index in [1.54, 1.807) is 0 Å². The largest absolute Gasteiger partial charge is 0.469 e. The maximum Gasteiger partial charge on any atom is 0.104 e. The second-order valence-corrected chi connectivity index (χ2v) is 6.29. The molecular weight excluding hydrogens is 172 g/mol. The van der Waals surface area contributed by atoms with Gasteiger partial charge in [-0.1, -0.05) is 41.5 Å². The fourth-order valence-electron chi connectivity index (χ4n) is 1.39. The van der Waals surface area contributed by atoms with Crippen molar-refractivity contribution in [2.45, 2.75) is 53.4 Å². The molecule has 1 rings (SSSR count). The van der Waals surface area contributed by atoms with Crippen LogP contribution in [-0.4, -0.2) is 0 Å². The summed E-state index contributed by atoms with van der Waals surface area (Å²) in [7, 11) is 0. The minimum absolute atomic E-state index is 0.194. The van der Waals surface area contributed by atoms with Crippen molar-refractivity contribution in [2.75, 3.05) is 0 Å². The summed E-state index contributed by atoms with van der Waals surface area (Å²) in [4.78, 5) is 0. The van der Waals surface area contributed by atoms with Gasteiger partial charge in [-0.2, -0.15) is 0 Å². The number of hydrogen-bond acceptors (Lipinski definition) is 1. The molecule has 1 nitrogen and oxygen atoms in total. The highest BCUT2D eigenvalue weighted by molar-refractivity contribution is 5.21. The Morgan fingerprint density at radius 2 is 1.64 bits per heavy atom. The van der Waals surface area contributed by atoms with Gasteiger partial charge in [0.25, 0.3) is 0 Å². The Hall–Kier alpha value is -0.720. The van der Waals surface area contributed by atoms with Gasteiger partial charge in [0.2, 0.25) is 0 Å². The number of rotatable bonds is 1. The maximum absolute atomic E-state index is 5.57. The SMILES string of the molecule is CC(C)(C)Cc1cc(C(C)(C)C)co1. The zero-order valence-corrected chi connectivity index (χ0v) is 10.3. The molecule has 1 heteroatoms. The van der Waals surface area contributed by atoms with E-state index in [0.717, 1.165) is 12.2 Å². The van der Waals surface area contributed by atoms with E-state index in [-0.39, 0.29) is 5.41 Å². The summed E-state index contributed by atoms with van der Waals surface area (Å²) in [5.41, 5.74) is 1.78. The quantitative estimate of drug-likeness (QED) is 0.654. The van der Waals surface area contributed by atoms with Crippen molar-refractivity contribution < 1.29 is 4.42 Å². The Morgan fingerprint density at radius 3 is 2.00 bits per heavy atom. The molecule has 0 aromatic carbocycles. The van der Waals surface area contributed by atoms with Gasteiger partial charge in [-0.05, 0) is 22.5 Å². The summed E-state index contributed by atoms with van der Waals surface area (Å²) in [5.74, 6) is 1.10. The van der Waals surface area contributed by atoms with Gasteiger partial charge in [0.15, 0.2) is 0 Å². The van der Waals surface area contributed by atoms with E-state index in [1.807, 2.05) is 6.26 Å². The van der Waals surface area contributed by atoms with E-state index in [1.165, 1.54) is 5.56 Å². The number of furan rings is 1. The molecule has 0 atom stereocenters. The topological polar surface area (TPSA) is 13.1 Å². The van der Waals surface area contributed by atoms with E-state index in [0.29, 0.717) is 5.41 Å². The lowest BCUT2D eigenvalue weighted by molar-refractivity contribution is 0.362. The van der Waals surface area contributed by atoms with Crippen molar-refractivity contribution in [2.24, 2.45) is 5.41 Å². The minimum Gasteiger partial charge on any atom is -0.469 e. The van der Waals surface area contributed by atoms with Crippen LogP contribution in [-0.2, 0) is 11.8 Å². The molecule has 0 saturated carbocycles. The molecule has 14 heavy (non-hydrogen) atoms. The van der Waals surface area contributed by atoms with Crippen LogP contribution in [0.15, 0.2) is 16.7 Å². The van der Waals surface area contributed by atoms with Gasteiger partial charge in [-0.25, -0.2) is 0 Å². The van der Waals surface area contributed by atoms with Crippen LogP contribution in [0, 0.1) is 5.41 Å². The summed E-state index contributed by atoms with van der Waals surface area (Å²) < 4.78 is 5.57. The van der Waals surface area contributed by atoms with E-state index in [4.69, 9.17) is 4.42 Å². The Bertz CT molecular complexity index is 294. The van der Waals surface area contributed by atoms with Crippen LogP contribution in [0.25, 0.3) is 0 Å². The fraction of sp³-hybridized carbons (Fsp3) is 0.692. The average Bonchev–Trinajstić information content (AvgIpc) is 2.29. The molecule has 0 aliphatic carbocycles. The molecule has 0 fully saturated rings. The molecule has 1 aromatic rings. The predicted molar refractivity (Wildman–Crippen MR) is 60.6 cm³/mol. The van der Waals surface area contributed by atoms with Crippen LogP contribution in [0.5, 0.6) is 0 Å². The van der Waals surface area contributed by atoms with E-state index < -0.39 is 0 Å². The molecule has 0 radical (unpaired) electrons. The zero-order valence-electron chi connectivity index (χ0n) is 10.3. The second-order valence-electron chi connectivity index (χ2n) is 6.29. The minimum atomic E-state index is 0.194. The molecule has 0 saturated heterocycles. The summed E-state index contributed by atoms with van der Waals surface area (Å²) in [6.07, 6.45) is 2.89. The third kappa shape index (κ3) is 3.21. The molecule has 0 spiro atoms. The lowest BCUT2D eigenvalue weighted by Gasteiger charge is -2.16. The van der Waals surface area contributed by atoms with Crippen molar-refractivity contribution in [1.29, 1.82) is 0 Å². The smallest absolute Gasteiger partial charge is 0.104 e. The number of hydrogen-bond donors (Lipinski definition) is 0. The Kier molecular flexibility index (Phi) is 2.80. The van der Waals surface area contributed by atoms with Crippen LogP contribution >= 0.6 is 0 Å². The van der Waals surface area contributed by atoms with Gasteiger partial charge in [-0.15, -0.1) is 0 Å². The van der Waals surface area contributed by atoms with E-state index >= 15 is 0 Å². The van der Waals surface area contributed by atoms with Gasteiger partial charge in [0, 0.05) is 6.42 Å². The van der Waals surface area contributed by atoms with E-state index in [2.05, 4.69) is 47.6 Å². The van der Waals surface area contributed by atoms with E-state index in [9.17, 15) is 0 Å². The van der Waals surface area contributed by atoms with Gasteiger partial charge in [0.1, 0.15) is 5.76 Å². The lowest BCUT2D eigenvalue weighted by atomic mass is 9.87. The summed E-state index contributed by atoms with van der Waals surface area (Å²) >= 11 is 0. The van der Waals surface area contributed by atoms with Gasteiger partial charge in [0.05, 0.1) is 6.26 Å². The van der Waals surface area contributed by atoms with Gasteiger partial charge < -0.3 is 4.42 Å². The Morgan fingerprint density at radius 1 is 1.07 bits per heavy atom. The van der Waals surface area contributed by atoms with Crippen molar-refractivity contribution in [3.05, 3.63) is 23.7 Å². The standard InChI is InChI=1S/C13H22O/c1-12(2,3)8-11-7-10(9-14-11)13(4,5)6/h7,9H,8H2,1-6H3. The molecule has 0 unspecified atom stereocenters. The highest BCUT2D eigenvalue weighted by atomic mass is 16.3. The molecule has 80 valence electrons. The molecule has 0 N–H and O–H groups in total. The highest BCUT2D eigenvalue weighted by Crippen LogP contribution is 2.27. The first-order valence-electron chi connectivity index (χ1n) is 5.26. The van der Waals surface area contributed by atoms with Gasteiger partial charge >= 0.3 is 0 Å². The molecular formula is C13H22O. The molecule has 0 aliphatic heterocycles. The highest BCUT2D eigenvalue weighted by Gasteiger charge is 2.19. The van der Waals surface area contributed by atoms with Crippen LogP contribution in [0.2, 0.25) is 0 Å².